The quantitative estimate of drug-likeness (QED) is 0.655. The highest BCUT2D eigenvalue weighted by Crippen LogP contribution is 2.27. The largest absolute Gasteiger partial charge is 0.495 e. The molecule has 160 valence electrons. The molecule has 1 fully saturated rings. The average Bonchev–Trinajstić information content (AvgIpc) is 3.18. The third-order valence-electron chi connectivity index (χ3n) is 4.94. The zero-order valence-electron chi connectivity index (χ0n) is 16.9. The first kappa shape index (κ1) is 22.3. The zero-order chi connectivity index (χ0) is 21.7. The van der Waals surface area contributed by atoms with Crippen molar-refractivity contribution in [2.75, 3.05) is 45.7 Å². The Balaban J connectivity index is 1.64. The van der Waals surface area contributed by atoms with Crippen molar-refractivity contribution < 1.29 is 19.1 Å². The fourth-order valence-corrected chi connectivity index (χ4v) is 4.17. The van der Waals surface area contributed by atoms with Gasteiger partial charge in [-0.3, -0.25) is 14.4 Å². The number of piperazine rings is 1. The molecular formula is C21H24ClN3O4S. The predicted octanol–water partition coefficient (Wildman–Crippen LogP) is 3.40. The number of ether oxygens (including phenoxy) is 1. The molecule has 30 heavy (non-hydrogen) atoms. The van der Waals surface area contributed by atoms with Crippen molar-refractivity contribution in [3.63, 3.8) is 0 Å². The lowest BCUT2D eigenvalue weighted by Gasteiger charge is -2.32. The van der Waals surface area contributed by atoms with Gasteiger partial charge >= 0.3 is 0 Å². The SMILES string of the molecule is COc1ccc(C(=O)N2CCN(C)CC2)cc1NC(=O)CCC(=O)c1ccc(Cl)s1. The van der Waals surface area contributed by atoms with E-state index in [1.54, 1.807) is 35.2 Å². The standard InChI is InChI=1S/C21H24ClN3O4S/c1-24-9-11-25(12-10-24)21(28)14-3-5-17(29-2)15(13-14)23-20(27)8-4-16(26)18-6-7-19(22)30-18/h3,5-7,13H,4,8-12H2,1-2H3,(H,23,27). The summed E-state index contributed by atoms with van der Waals surface area (Å²) in [6, 6.07) is 8.30. The molecule has 0 radical (unpaired) electrons. The highest BCUT2D eigenvalue weighted by molar-refractivity contribution is 7.18. The Morgan fingerprint density at radius 1 is 1.10 bits per heavy atom. The van der Waals surface area contributed by atoms with Crippen LogP contribution in [0.15, 0.2) is 30.3 Å². The fourth-order valence-electron chi connectivity index (χ4n) is 3.16. The van der Waals surface area contributed by atoms with Gasteiger partial charge in [-0.1, -0.05) is 11.6 Å². The molecule has 0 aliphatic carbocycles. The van der Waals surface area contributed by atoms with Crippen molar-refractivity contribution in [3.8, 4) is 5.75 Å². The van der Waals surface area contributed by atoms with Gasteiger partial charge in [-0.15, -0.1) is 11.3 Å². The van der Waals surface area contributed by atoms with Crippen molar-refractivity contribution in [3.05, 3.63) is 45.1 Å². The number of nitrogens with zero attached hydrogens (tertiary/aromatic N) is 2. The number of rotatable bonds is 7. The Labute approximate surface area is 184 Å². The summed E-state index contributed by atoms with van der Waals surface area (Å²) in [7, 11) is 3.53. The Kier molecular flexibility index (Phi) is 7.47. The van der Waals surface area contributed by atoms with E-state index in [4.69, 9.17) is 16.3 Å². The maximum absolute atomic E-state index is 12.8. The maximum Gasteiger partial charge on any atom is 0.254 e. The molecular weight excluding hydrogens is 426 g/mol. The number of ketones is 1. The van der Waals surface area contributed by atoms with Crippen LogP contribution in [0.1, 0.15) is 32.9 Å². The summed E-state index contributed by atoms with van der Waals surface area (Å²) >= 11 is 7.05. The van der Waals surface area contributed by atoms with E-state index in [9.17, 15) is 14.4 Å². The molecule has 9 heteroatoms. The highest BCUT2D eigenvalue weighted by atomic mass is 35.5. The van der Waals surface area contributed by atoms with Crippen LogP contribution in [0.2, 0.25) is 4.34 Å². The minimum atomic E-state index is -0.325. The Bertz CT molecular complexity index is 938. The minimum Gasteiger partial charge on any atom is -0.495 e. The van der Waals surface area contributed by atoms with Crippen LogP contribution in [0.5, 0.6) is 5.75 Å². The Hall–Kier alpha value is -2.42. The van der Waals surface area contributed by atoms with Gasteiger partial charge in [0, 0.05) is 44.6 Å². The van der Waals surface area contributed by atoms with Crippen LogP contribution in [-0.4, -0.2) is 67.7 Å². The van der Waals surface area contributed by atoms with Crippen LogP contribution < -0.4 is 10.1 Å². The molecule has 1 aromatic carbocycles. The molecule has 1 aliphatic heterocycles. The van der Waals surface area contributed by atoms with Gasteiger partial charge in [-0.05, 0) is 37.4 Å². The van der Waals surface area contributed by atoms with E-state index >= 15 is 0 Å². The molecule has 2 aromatic rings. The van der Waals surface area contributed by atoms with E-state index in [0.717, 1.165) is 13.1 Å². The van der Waals surface area contributed by atoms with Crippen molar-refractivity contribution in [1.82, 2.24) is 9.80 Å². The second-order valence-corrected chi connectivity index (χ2v) is 8.80. The summed E-state index contributed by atoms with van der Waals surface area (Å²) < 4.78 is 5.85. The first-order chi connectivity index (χ1) is 14.4. The topological polar surface area (TPSA) is 79.0 Å². The number of likely N-dealkylation sites (N-methyl/N-ethyl adjacent to an activating group) is 1. The average molecular weight is 450 g/mol. The first-order valence-corrected chi connectivity index (χ1v) is 10.8. The van der Waals surface area contributed by atoms with Crippen molar-refractivity contribution >= 4 is 46.2 Å². The number of methoxy groups -OCH3 is 1. The molecule has 0 unspecified atom stereocenters. The molecule has 0 atom stereocenters. The number of anilines is 1. The molecule has 1 N–H and O–H groups in total. The van der Waals surface area contributed by atoms with Crippen LogP contribution in [0, 0.1) is 0 Å². The molecule has 2 heterocycles. The number of nitrogens with one attached hydrogen (secondary N) is 1. The van der Waals surface area contributed by atoms with Crippen LogP contribution in [0.4, 0.5) is 5.69 Å². The van der Waals surface area contributed by atoms with E-state index < -0.39 is 0 Å². The lowest BCUT2D eigenvalue weighted by molar-refractivity contribution is -0.116. The number of Topliss-reactive ketones (excluding diaryl/α,β-unsaturated/α-hetero) is 1. The molecule has 7 nitrogen and oxygen atoms in total. The van der Waals surface area contributed by atoms with E-state index in [2.05, 4.69) is 10.2 Å². The van der Waals surface area contributed by atoms with Crippen LogP contribution in [0.25, 0.3) is 0 Å². The number of hydrogen-bond donors (Lipinski definition) is 1. The van der Waals surface area contributed by atoms with Gasteiger partial charge in [0.15, 0.2) is 5.78 Å². The second kappa shape index (κ2) is 10.1. The molecule has 0 saturated carbocycles. The third-order valence-corrected chi connectivity index (χ3v) is 6.21. The lowest BCUT2D eigenvalue weighted by atomic mass is 10.1. The summed E-state index contributed by atoms with van der Waals surface area (Å²) in [5.74, 6) is -0.0813. The summed E-state index contributed by atoms with van der Waals surface area (Å²) in [5, 5.41) is 2.76. The molecule has 0 spiro atoms. The lowest BCUT2D eigenvalue weighted by Crippen LogP contribution is -2.47. The summed E-state index contributed by atoms with van der Waals surface area (Å²) in [6.45, 7) is 2.99. The summed E-state index contributed by atoms with van der Waals surface area (Å²) in [5.41, 5.74) is 0.897. The molecule has 1 aliphatic rings. The number of carbonyl (C=O) groups excluding carboxylic acids is 3. The monoisotopic (exact) mass is 449 g/mol. The van der Waals surface area contributed by atoms with Gasteiger partial charge in [0.2, 0.25) is 5.91 Å². The maximum atomic E-state index is 12.8. The number of benzene rings is 1. The van der Waals surface area contributed by atoms with E-state index in [1.807, 2.05) is 7.05 Å². The smallest absolute Gasteiger partial charge is 0.254 e. The normalized spacial score (nSPS) is 14.4. The van der Waals surface area contributed by atoms with E-state index in [-0.39, 0.29) is 30.4 Å². The predicted molar refractivity (Wildman–Crippen MR) is 118 cm³/mol. The van der Waals surface area contributed by atoms with Crippen molar-refractivity contribution in [1.29, 1.82) is 0 Å². The van der Waals surface area contributed by atoms with Crippen molar-refractivity contribution in [2.45, 2.75) is 12.8 Å². The summed E-state index contributed by atoms with van der Waals surface area (Å²) in [6.07, 6.45) is 0.0963. The van der Waals surface area contributed by atoms with Gasteiger partial charge in [0.25, 0.3) is 5.91 Å². The van der Waals surface area contributed by atoms with E-state index in [1.165, 1.54) is 18.4 Å². The van der Waals surface area contributed by atoms with Gasteiger partial charge in [0.1, 0.15) is 5.75 Å². The molecule has 2 amide bonds. The zero-order valence-corrected chi connectivity index (χ0v) is 18.5. The highest BCUT2D eigenvalue weighted by Gasteiger charge is 2.22. The van der Waals surface area contributed by atoms with Crippen molar-refractivity contribution in [2.24, 2.45) is 0 Å². The number of thiophene rings is 1. The Morgan fingerprint density at radius 3 is 2.47 bits per heavy atom. The van der Waals surface area contributed by atoms with Crippen LogP contribution in [-0.2, 0) is 4.79 Å². The Morgan fingerprint density at radius 2 is 1.83 bits per heavy atom. The fraction of sp³-hybridized carbons (Fsp3) is 0.381. The number of amides is 2. The van der Waals surface area contributed by atoms with Gasteiger partial charge in [0.05, 0.1) is 22.0 Å². The molecule has 1 aromatic heterocycles. The molecule has 0 bridgehead atoms. The molecule has 3 rings (SSSR count). The number of hydrogen-bond acceptors (Lipinski definition) is 6. The van der Waals surface area contributed by atoms with E-state index in [0.29, 0.717) is 39.3 Å². The first-order valence-electron chi connectivity index (χ1n) is 9.61. The van der Waals surface area contributed by atoms with Gasteiger partial charge in [-0.2, -0.15) is 0 Å². The number of halogens is 1. The molecule has 1 saturated heterocycles. The van der Waals surface area contributed by atoms with Gasteiger partial charge < -0.3 is 19.9 Å². The minimum absolute atomic E-state index is 0.0220. The number of carbonyl (C=O) groups is 3. The third kappa shape index (κ3) is 5.59. The summed E-state index contributed by atoms with van der Waals surface area (Å²) in [4.78, 5) is 41.9. The van der Waals surface area contributed by atoms with Crippen LogP contribution >= 0.6 is 22.9 Å². The second-order valence-electron chi connectivity index (χ2n) is 7.09. The van der Waals surface area contributed by atoms with Gasteiger partial charge in [-0.25, -0.2) is 0 Å². The van der Waals surface area contributed by atoms with Crippen LogP contribution in [0.3, 0.4) is 0 Å².